The van der Waals surface area contributed by atoms with Gasteiger partial charge in [0.1, 0.15) is 17.7 Å². The van der Waals surface area contributed by atoms with Gasteiger partial charge in [-0.15, -0.1) is 0 Å². The van der Waals surface area contributed by atoms with Crippen LogP contribution in [0.2, 0.25) is 0 Å². The number of pyridine rings is 1. The summed E-state index contributed by atoms with van der Waals surface area (Å²) in [6, 6.07) is 20.1. The van der Waals surface area contributed by atoms with E-state index in [0.29, 0.717) is 72.3 Å². The largest absolute Gasteiger partial charge is 0.383 e. The Hall–Kier alpha value is -7.80. The van der Waals surface area contributed by atoms with Crippen LogP contribution in [0.1, 0.15) is 88.0 Å². The number of hydrogen-bond acceptors (Lipinski definition) is 12. The lowest BCUT2D eigenvalue weighted by Gasteiger charge is -2.27. The molecule has 4 aromatic carbocycles. The van der Waals surface area contributed by atoms with Gasteiger partial charge in [-0.05, 0) is 91.4 Å². The van der Waals surface area contributed by atoms with Crippen molar-refractivity contribution in [1.82, 2.24) is 20.5 Å². The van der Waals surface area contributed by atoms with Crippen LogP contribution in [0, 0.1) is 5.82 Å². The number of sulfonamides is 1. The molecule has 0 bridgehead atoms. The molecule has 1 fully saturated rings. The summed E-state index contributed by atoms with van der Waals surface area (Å²) in [7, 11) is -4.26. The zero-order valence-electron chi connectivity index (χ0n) is 35.9. The molecular weight excluding hydrogens is 884 g/mol. The van der Waals surface area contributed by atoms with E-state index in [1.54, 1.807) is 42.5 Å². The number of nitrogens with one attached hydrogen (secondary N) is 5. The standard InChI is InChI=1S/C48H45FN8O9S/c49-38-24-33(14-16-34(38)29-22-37(44(50)53-25-29)27-13-15-35-28(21-27)19-20-51-45(35)61)67(65,66)56-31-8-5-7-30(23-31)54-41(59)12-4-2-1-3-9-32(58)26-52-39-11-6-10-36-43(39)48(64)57(47(36)63)40-17-18-42(60)55-46(40)62/h5-8,10-11,13-16,21-25,40,52,56H,1-4,9,12,17-20,26H2,(H2,50,53)(H,51,61)(H,54,59)(H,55,60,62). The van der Waals surface area contributed by atoms with E-state index >= 15 is 4.39 Å². The van der Waals surface area contributed by atoms with Gasteiger partial charge in [0.2, 0.25) is 17.7 Å². The molecule has 1 aromatic heterocycles. The molecular formula is C48H45FN8O9S. The highest BCUT2D eigenvalue weighted by Gasteiger charge is 2.45. The molecule has 0 spiro atoms. The van der Waals surface area contributed by atoms with Gasteiger partial charge in [0, 0.05) is 65.6 Å². The summed E-state index contributed by atoms with van der Waals surface area (Å²) in [5, 5.41) is 10.7. The van der Waals surface area contributed by atoms with Gasteiger partial charge >= 0.3 is 0 Å². The fraction of sp³-hybridized carbons (Fsp3) is 0.250. The first-order chi connectivity index (χ1) is 32.2. The Morgan fingerprint density at radius 1 is 0.791 bits per heavy atom. The number of fused-ring (bicyclic) bond motifs is 2. The number of carbonyl (C=O) groups is 7. The molecule has 8 rings (SSSR count). The van der Waals surface area contributed by atoms with Crippen LogP contribution < -0.4 is 31.7 Å². The van der Waals surface area contributed by atoms with Gasteiger partial charge in [-0.3, -0.25) is 48.5 Å². The van der Waals surface area contributed by atoms with Gasteiger partial charge in [0.05, 0.1) is 28.3 Å². The number of anilines is 4. The number of piperidine rings is 1. The Morgan fingerprint density at radius 2 is 1.55 bits per heavy atom. The van der Waals surface area contributed by atoms with Gasteiger partial charge in [0.25, 0.3) is 27.7 Å². The molecule has 1 atom stereocenters. The number of amides is 6. The second-order valence-electron chi connectivity index (χ2n) is 16.4. The number of nitrogen functional groups attached to an aromatic ring is 1. The van der Waals surface area contributed by atoms with E-state index in [1.807, 2.05) is 6.07 Å². The lowest BCUT2D eigenvalue weighted by Crippen LogP contribution is -2.54. The third kappa shape index (κ3) is 10.1. The molecule has 17 nitrogen and oxygen atoms in total. The van der Waals surface area contributed by atoms with Gasteiger partial charge in [-0.1, -0.05) is 43.2 Å². The molecule has 3 aliphatic heterocycles. The molecule has 5 aromatic rings. The number of Topliss-reactive ketones (excluding diaryl/α,β-unsaturated/α-hetero) is 1. The first-order valence-corrected chi connectivity index (χ1v) is 23.1. The molecule has 3 aliphatic rings. The Bertz CT molecular complexity index is 3000. The summed E-state index contributed by atoms with van der Waals surface area (Å²) in [6.45, 7) is 0.415. The van der Waals surface area contributed by atoms with Crippen LogP contribution in [0.4, 0.5) is 27.3 Å². The van der Waals surface area contributed by atoms with Crippen LogP contribution in [0.15, 0.2) is 96.0 Å². The summed E-state index contributed by atoms with van der Waals surface area (Å²) < 4.78 is 44.8. The fourth-order valence-corrected chi connectivity index (χ4v) is 9.41. The minimum absolute atomic E-state index is 0.00169. The number of imide groups is 2. The minimum Gasteiger partial charge on any atom is -0.383 e. The van der Waals surface area contributed by atoms with Crippen LogP contribution in [0.25, 0.3) is 22.3 Å². The number of rotatable bonds is 17. The van der Waals surface area contributed by atoms with E-state index in [9.17, 15) is 42.0 Å². The van der Waals surface area contributed by atoms with Gasteiger partial charge in [-0.2, -0.15) is 0 Å². The van der Waals surface area contributed by atoms with Crippen molar-refractivity contribution < 1.29 is 46.4 Å². The number of nitrogens with two attached hydrogens (primary N) is 1. The van der Waals surface area contributed by atoms with E-state index in [-0.39, 0.29) is 82.9 Å². The van der Waals surface area contributed by atoms with Crippen LogP contribution in [0.5, 0.6) is 0 Å². The molecule has 1 unspecified atom stereocenters. The van der Waals surface area contributed by atoms with Crippen LogP contribution >= 0.6 is 0 Å². The highest BCUT2D eigenvalue weighted by atomic mass is 32.2. The highest BCUT2D eigenvalue weighted by molar-refractivity contribution is 7.92. The number of benzene rings is 4. The van der Waals surface area contributed by atoms with Crippen molar-refractivity contribution in [2.45, 2.75) is 68.7 Å². The van der Waals surface area contributed by atoms with Crippen molar-refractivity contribution in [1.29, 1.82) is 0 Å². The zero-order valence-corrected chi connectivity index (χ0v) is 36.8. The van der Waals surface area contributed by atoms with Gasteiger partial charge in [0.15, 0.2) is 5.78 Å². The molecule has 7 N–H and O–H groups in total. The number of aromatic nitrogens is 1. The third-order valence-corrected chi connectivity index (χ3v) is 13.2. The Labute approximate surface area is 384 Å². The van der Waals surface area contributed by atoms with Crippen molar-refractivity contribution in [3.63, 3.8) is 0 Å². The first kappa shape index (κ1) is 45.8. The first-order valence-electron chi connectivity index (χ1n) is 21.7. The molecule has 67 heavy (non-hydrogen) atoms. The maximum absolute atomic E-state index is 15.6. The van der Waals surface area contributed by atoms with Crippen molar-refractivity contribution in [2.75, 3.05) is 34.2 Å². The van der Waals surface area contributed by atoms with Crippen molar-refractivity contribution in [3.8, 4) is 22.3 Å². The summed E-state index contributed by atoms with van der Waals surface area (Å²) in [4.78, 5) is 92.9. The Balaban J connectivity index is 0.780. The van der Waals surface area contributed by atoms with E-state index in [4.69, 9.17) is 5.73 Å². The predicted molar refractivity (Wildman–Crippen MR) is 246 cm³/mol. The van der Waals surface area contributed by atoms with E-state index in [2.05, 4.69) is 31.0 Å². The predicted octanol–water partition coefficient (Wildman–Crippen LogP) is 5.59. The molecule has 4 heterocycles. The normalized spacial score (nSPS) is 15.6. The third-order valence-electron chi connectivity index (χ3n) is 11.8. The number of unbranched alkanes of at least 4 members (excludes halogenated alkanes) is 3. The zero-order chi connectivity index (χ0) is 47.4. The number of halogens is 1. The lowest BCUT2D eigenvalue weighted by molar-refractivity contribution is -0.136. The molecule has 0 radical (unpaired) electrons. The highest BCUT2D eigenvalue weighted by Crippen LogP contribution is 2.35. The number of ketones is 1. The fourth-order valence-electron chi connectivity index (χ4n) is 8.35. The Morgan fingerprint density at radius 3 is 2.34 bits per heavy atom. The summed E-state index contributed by atoms with van der Waals surface area (Å²) in [5.74, 6) is -3.67. The maximum Gasteiger partial charge on any atom is 0.264 e. The maximum atomic E-state index is 15.6. The quantitative estimate of drug-likeness (QED) is 0.0493. The lowest BCUT2D eigenvalue weighted by atomic mass is 9.94. The molecule has 6 amide bonds. The smallest absolute Gasteiger partial charge is 0.264 e. The second-order valence-corrected chi connectivity index (χ2v) is 18.1. The summed E-state index contributed by atoms with van der Waals surface area (Å²) in [5.41, 5.74) is 10.3. The number of hydrogen-bond donors (Lipinski definition) is 6. The SMILES string of the molecule is Nc1ncc(-c2ccc(S(=O)(=O)Nc3cccc(NC(=O)CCCCCCC(=O)CNc4cccc5c4C(=O)N(C4CCC(=O)NC4=O)C5=O)c3)cc2F)cc1-c1ccc2c(c1)CCNC2=O. The average molecular weight is 929 g/mol. The van der Waals surface area contributed by atoms with E-state index in [0.717, 1.165) is 16.5 Å². The Kier molecular flexibility index (Phi) is 13.2. The topological polar surface area (TPSA) is 256 Å². The van der Waals surface area contributed by atoms with Crippen LogP contribution in [-0.2, 0) is 35.6 Å². The van der Waals surface area contributed by atoms with Crippen LogP contribution in [-0.4, -0.2) is 78.7 Å². The van der Waals surface area contributed by atoms with Crippen molar-refractivity contribution in [3.05, 3.63) is 119 Å². The monoisotopic (exact) mass is 928 g/mol. The van der Waals surface area contributed by atoms with Gasteiger partial charge < -0.3 is 21.7 Å². The summed E-state index contributed by atoms with van der Waals surface area (Å²) in [6.07, 6.45) is 4.91. The summed E-state index contributed by atoms with van der Waals surface area (Å²) >= 11 is 0. The van der Waals surface area contributed by atoms with E-state index < -0.39 is 45.5 Å². The van der Waals surface area contributed by atoms with Crippen molar-refractivity contribution >= 4 is 74.1 Å². The number of carbonyl (C=O) groups excluding carboxylic acids is 7. The van der Waals surface area contributed by atoms with Crippen LogP contribution in [0.3, 0.4) is 0 Å². The average Bonchev–Trinajstić information content (AvgIpc) is 3.55. The molecule has 344 valence electrons. The van der Waals surface area contributed by atoms with E-state index in [1.165, 1.54) is 36.5 Å². The molecule has 1 saturated heterocycles. The molecule has 0 aliphatic carbocycles. The minimum atomic E-state index is -4.26. The molecule has 0 saturated carbocycles. The second kappa shape index (κ2) is 19.4. The van der Waals surface area contributed by atoms with Gasteiger partial charge in [-0.25, -0.2) is 17.8 Å². The molecule has 19 heteroatoms. The van der Waals surface area contributed by atoms with Crippen molar-refractivity contribution in [2.24, 2.45) is 0 Å². The number of nitrogens with zero attached hydrogens (tertiary/aromatic N) is 2.